The van der Waals surface area contributed by atoms with Crippen LogP contribution in [0.15, 0.2) is 30.5 Å². The van der Waals surface area contributed by atoms with E-state index in [-0.39, 0.29) is 0 Å². The summed E-state index contributed by atoms with van der Waals surface area (Å²) in [5.74, 6) is 0. The first-order chi connectivity index (χ1) is 7.74. The van der Waals surface area contributed by atoms with Crippen LogP contribution < -0.4 is 5.32 Å². The van der Waals surface area contributed by atoms with Crippen LogP contribution in [-0.4, -0.2) is 24.7 Å². The van der Waals surface area contributed by atoms with Crippen LogP contribution in [0.5, 0.6) is 0 Å². The van der Waals surface area contributed by atoms with Crippen LogP contribution in [0.25, 0.3) is 0 Å². The highest BCUT2D eigenvalue weighted by Crippen LogP contribution is 2.09. The smallest absolute Gasteiger partial charge is 0.163 e. The summed E-state index contributed by atoms with van der Waals surface area (Å²) in [7, 11) is 0. The Labute approximate surface area is 95.6 Å². The minimum Gasteiger partial charge on any atom is -0.380 e. The van der Waals surface area contributed by atoms with Crippen LogP contribution in [-0.2, 0) is 4.74 Å². The summed E-state index contributed by atoms with van der Waals surface area (Å²) < 4.78 is 5.32. The van der Waals surface area contributed by atoms with Gasteiger partial charge in [-0.3, -0.25) is 0 Å². The molecule has 0 amide bonds. The summed E-state index contributed by atoms with van der Waals surface area (Å²) in [6.07, 6.45) is 1.60. The van der Waals surface area contributed by atoms with E-state index in [1.165, 1.54) is 0 Å². The normalized spacial score (nSPS) is 9.50. The number of hydrogen-bond donors (Lipinski definition) is 1. The van der Waals surface area contributed by atoms with Crippen LogP contribution >= 0.6 is 0 Å². The summed E-state index contributed by atoms with van der Waals surface area (Å²) in [4.78, 5) is 3.95. The van der Waals surface area contributed by atoms with Gasteiger partial charge in [0.15, 0.2) is 5.69 Å². The second-order valence-electron chi connectivity index (χ2n) is 3.45. The topological polar surface area (TPSA) is 57.9 Å². The Morgan fingerprint density at radius 2 is 2.50 bits per heavy atom. The molecule has 0 saturated carbocycles. The lowest BCUT2D eigenvalue weighted by molar-refractivity contribution is 0.167. The molecule has 1 aromatic rings. The Morgan fingerprint density at radius 1 is 1.69 bits per heavy atom. The van der Waals surface area contributed by atoms with E-state index in [0.29, 0.717) is 25.5 Å². The number of aromatic nitrogens is 1. The van der Waals surface area contributed by atoms with Crippen molar-refractivity contribution in [2.75, 3.05) is 25.1 Å². The molecular weight excluding hydrogens is 202 g/mol. The van der Waals surface area contributed by atoms with Crippen molar-refractivity contribution in [2.45, 2.75) is 6.92 Å². The van der Waals surface area contributed by atoms with Gasteiger partial charge >= 0.3 is 0 Å². The lowest BCUT2D eigenvalue weighted by atomic mass is 10.3. The molecule has 0 atom stereocenters. The lowest BCUT2D eigenvalue weighted by Crippen LogP contribution is -2.11. The van der Waals surface area contributed by atoms with Gasteiger partial charge in [-0.05, 0) is 19.1 Å². The van der Waals surface area contributed by atoms with Crippen molar-refractivity contribution in [1.29, 1.82) is 5.26 Å². The second kappa shape index (κ2) is 6.59. The van der Waals surface area contributed by atoms with Gasteiger partial charge in [0.1, 0.15) is 6.07 Å². The van der Waals surface area contributed by atoms with Gasteiger partial charge in [-0.1, -0.05) is 12.2 Å². The molecule has 0 fully saturated rings. The molecule has 4 nitrogen and oxygen atoms in total. The van der Waals surface area contributed by atoms with Gasteiger partial charge in [-0.15, -0.1) is 0 Å². The maximum atomic E-state index is 8.80. The molecule has 0 spiro atoms. The van der Waals surface area contributed by atoms with Crippen LogP contribution in [0.2, 0.25) is 0 Å². The predicted octanol–water partition coefficient (Wildman–Crippen LogP) is 1.96. The van der Waals surface area contributed by atoms with E-state index >= 15 is 0 Å². The number of ether oxygens (including phenoxy) is 1. The summed E-state index contributed by atoms with van der Waals surface area (Å²) in [6.45, 7) is 7.45. The van der Waals surface area contributed by atoms with Gasteiger partial charge in [0.05, 0.1) is 18.9 Å². The van der Waals surface area contributed by atoms with E-state index in [1.54, 1.807) is 12.3 Å². The summed E-state index contributed by atoms with van der Waals surface area (Å²) in [6, 6.07) is 5.64. The molecule has 0 aliphatic carbocycles. The fourth-order valence-electron chi connectivity index (χ4n) is 1.14. The molecule has 84 valence electrons. The summed E-state index contributed by atoms with van der Waals surface area (Å²) in [5, 5.41) is 11.9. The minimum absolute atomic E-state index is 0.405. The van der Waals surface area contributed by atoms with Gasteiger partial charge in [-0.2, -0.15) is 5.26 Å². The van der Waals surface area contributed by atoms with Crippen molar-refractivity contribution >= 4 is 5.69 Å². The Balaban J connectivity index is 2.32. The maximum absolute atomic E-state index is 8.80. The van der Waals surface area contributed by atoms with Crippen LogP contribution in [0.4, 0.5) is 5.69 Å². The first kappa shape index (κ1) is 12.2. The molecule has 0 saturated heterocycles. The van der Waals surface area contributed by atoms with Crippen molar-refractivity contribution in [3.05, 3.63) is 36.2 Å². The highest BCUT2D eigenvalue weighted by atomic mass is 16.5. The Bertz CT molecular complexity index is 395. The van der Waals surface area contributed by atoms with Gasteiger partial charge in [-0.25, -0.2) is 4.98 Å². The van der Waals surface area contributed by atoms with E-state index in [2.05, 4.69) is 16.9 Å². The average molecular weight is 217 g/mol. The first-order valence-corrected chi connectivity index (χ1v) is 5.05. The molecular formula is C12H15N3O. The monoisotopic (exact) mass is 217 g/mol. The minimum atomic E-state index is 0.405. The zero-order chi connectivity index (χ0) is 11.8. The second-order valence-corrected chi connectivity index (χ2v) is 3.45. The zero-order valence-corrected chi connectivity index (χ0v) is 9.36. The van der Waals surface area contributed by atoms with Gasteiger partial charge in [0.2, 0.25) is 0 Å². The molecule has 0 aliphatic heterocycles. The van der Waals surface area contributed by atoms with Crippen molar-refractivity contribution < 1.29 is 4.74 Å². The third-order valence-corrected chi connectivity index (χ3v) is 1.82. The molecule has 4 heteroatoms. The number of hydrogen-bond acceptors (Lipinski definition) is 4. The predicted molar refractivity (Wildman–Crippen MR) is 63.1 cm³/mol. The van der Waals surface area contributed by atoms with Gasteiger partial charge < -0.3 is 10.1 Å². The molecule has 1 N–H and O–H groups in total. The van der Waals surface area contributed by atoms with Crippen LogP contribution in [0.3, 0.4) is 0 Å². The van der Waals surface area contributed by atoms with E-state index in [4.69, 9.17) is 10.00 Å². The molecule has 0 aliphatic rings. The molecule has 1 aromatic heterocycles. The van der Waals surface area contributed by atoms with Crippen LogP contribution in [0.1, 0.15) is 12.6 Å². The number of nitrogens with zero attached hydrogens (tertiary/aromatic N) is 2. The number of nitrogens with one attached hydrogen (secondary N) is 1. The third-order valence-electron chi connectivity index (χ3n) is 1.82. The standard InChI is InChI=1S/C12H15N3O/c1-10(2)9-16-7-6-15-11-4-3-5-14-12(11)8-13/h3-5,15H,1,6-7,9H2,2H3. The molecule has 16 heavy (non-hydrogen) atoms. The van der Waals surface area contributed by atoms with E-state index in [1.807, 2.05) is 19.1 Å². The fraction of sp³-hybridized carbons (Fsp3) is 0.333. The van der Waals surface area contributed by atoms with Crippen molar-refractivity contribution in [1.82, 2.24) is 4.98 Å². The van der Waals surface area contributed by atoms with Crippen LogP contribution in [0, 0.1) is 11.3 Å². The molecule has 1 rings (SSSR count). The maximum Gasteiger partial charge on any atom is 0.163 e. The molecule has 0 aromatic carbocycles. The Kier molecular flexibility index (Phi) is 5.03. The largest absolute Gasteiger partial charge is 0.380 e. The molecule has 0 bridgehead atoms. The van der Waals surface area contributed by atoms with E-state index < -0.39 is 0 Å². The highest BCUT2D eigenvalue weighted by molar-refractivity contribution is 5.53. The lowest BCUT2D eigenvalue weighted by Gasteiger charge is -2.07. The summed E-state index contributed by atoms with van der Waals surface area (Å²) in [5.41, 5.74) is 2.14. The summed E-state index contributed by atoms with van der Waals surface area (Å²) >= 11 is 0. The molecule has 0 radical (unpaired) electrons. The molecule has 0 unspecified atom stereocenters. The third kappa shape index (κ3) is 4.11. The number of anilines is 1. The highest BCUT2D eigenvalue weighted by Gasteiger charge is 2.00. The quantitative estimate of drug-likeness (QED) is 0.584. The van der Waals surface area contributed by atoms with Gasteiger partial charge in [0, 0.05) is 12.7 Å². The number of nitriles is 1. The Morgan fingerprint density at radius 3 is 3.19 bits per heavy atom. The Hall–Kier alpha value is -1.86. The average Bonchev–Trinajstić information content (AvgIpc) is 2.29. The van der Waals surface area contributed by atoms with Crippen molar-refractivity contribution in [3.63, 3.8) is 0 Å². The zero-order valence-electron chi connectivity index (χ0n) is 9.36. The first-order valence-electron chi connectivity index (χ1n) is 5.05. The fourth-order valence-corrected chi connectivity index (χ4v) is 1.14. The SMILES string of the molecule is C=C(C)COCCNc1cccnc1C#N. The number of rotatable bonds is 6. The van der Waals surface area contributed by atoms with Crippen molar-refractivity contribution in [3.8, 4) is 6.07 Å². The van der Waals surface area contributed by atoms with Gasteiger partial charge in [0.25, 0.3) is 0 Å². The molecule has 1 heterocycles. The van der Waals surface area contributed by atoms with E-state index in [0.717, 1.165) is 11.3 Å². The number of pyridine rings is 1. The van der Waals surface area contributed by atoms with Crippen molar-refractivity contribution in [2.24, 2.45) is 0 Å². The van der Waals surface area contributed by atoms with E-state index in [9.17, 15) is 0 Å².